The van der Waals surface area contributed by atoms with Crippen LogP contribution >= 0.6 is 0 Å². The van der Waals surface area contributed by atoms with Gasteiger partial charge in [0.1, 0.15) is 13.6 Å². The second-order valence-corrected chi connectivity index (χ2v) is 14.7. The average Bonchev–Trinajstić information content (AvgIpc) is 3.14. The van der Waals surface area contributed by atoms with Gasteiger partial charge in [-0.2, -0.15) is 0 Å². The number of ether oxygens (including phenoxy) is 6. The van der Waals surface area contributed by atoms with Gasteiger partial charge in [0.2, 0.25) is 0 Å². The fraction of sp³-hybridized carbons (Fsp3) is 0.951. The highest BCUT2D eigenvalue weighted by molar-refractivity contribution is 5.75. The first-order chi connectivity index (χ1) is 26.2. The molecular weight excluding hydrogens is 694 g/mol. The number of aliphatic hydroxyl groups excluding tert-OH is 2. The Kier molecular flexibility index (Phi) is 38.8. The van der Waals surface area contributed by atoms with E-state index in [1.165, 1.54) is 38.5 Å². The van der Waals surface area contributed by atoms with Gasteiger partial charge in [-0.3, -0.25) is 0 Å². The molecule has 0 rings (SSSR count). The Morgan fingerprint density at radius 2 is 0.722 bits per heavy atom. The molecular formula is C41H83N3O10. The topological polar surface area (TPSA) is 140 Å². The Hall–Kier alpha value is -1.42. The van der Waals surface area contributed by atoms with E-state index in [1.54, 1.807) is 0 Å². The van der Waals surface area contributed by atoms with Crippen molar-refractivity contribution >= 4 is 11.9 Å². The Bertz CT molecular complexity index is 764. The molecule has 0 spiro atoms. The van der Waals surface area contributed by atoms with Crippen molar-refractivity contribution in [2.45, 2.75) is 142 Å². The normalized spacial score (nSPS) is 12.9. The molecule has 0 aliphatic carbocycles. The van der Waals surface area contributed by atoms with Gasteiger partial charge < -0.3 is 53.3 Å². The van der Waals surface area contributed by atoms with Gasteiger partial charge in [-0.15, -0.1) is 0 Å². The second-order valence-electron chi connectivity index (χ2n) is 14.7. The molecule has 13 nitrogen and oxygen atoms in total. The van der Waals surface area contributed by atoms with E-state index >= 15 is 0 Å². The summed E-state index contributed by atoms with van der Waals surface area (Å²) in [5.41, 5.74) is 0. The molecule has 2 atom stereocenters. The van der Waals surface area contributed by atoms with Crippen molar-refractivity contribution in [3.8, 4) is 0 Å². The Morgan fingerprint density at radius 1 is 0.426 bits per heavy atom. The zero-order valence-corrected chi connectivity index (χ0v) is 35.3. The summed E-state index contributed by atoms with van der Waals surface area (Å²) in [6.45, 7) is 12.3. The minimum atomic E-state index is -1.16. The predicted octanol–water partition coefficient (Wildman–Crippen LogP) is 5.63. The lowest BCUT2D eigenvalue weighted by Gasteiger charge is -2.23. The summed E-state index contributed by atoms with van der Waals surface area (Å²) in [5.74, 6) is -1.13. The van der Waals surface area contributed by atoms with Crippen LogP contribution in [-0.2, 0) is 38.0 Å². The molecule has 0 saturated carbocycles. The molecule has 0 aliphatic heterocycles. The van der Waals surface area contributed by atoms with E-state index in [-0.39, 0.29) is 13.1 Å². The molecule has 0 radical (unpaired) electrons. The molecule has 0 bridgehead atoms. The highest BCUT2D eigenvalue weighted by atomic mass is 16.7. The van der Waals surface area contributed by atoms with Gasteiger partial charge in [-0.05, 0) is 112 Å². The average molecular weight is 778 g/mol. The number of rotatable bonds is 42. The van der Waals surface area contributed by atoms with Gasteiger partial charge in [0, 0.05) is 39.5 Å². The zero-order valence-electron chi connectivity index (χ0n) is 35.3. The Labute approximate surface area is 329 Å². The van der Waals surface area contributed by atoms with Crippen LogP contribution in [0.15, 0.2) is 0 Å². The van der Waals surface area contributed by atoms with Gasteiger partial charge in [0.05, 0.1) is 13.2 Å². The third-order valence-electron chi connectivity index (χ3n) is 9.15. The summed E-state index contributed by atoms with van der Waals surface area (Å²) < 4.78 is 32.5. The Balaban J connectivity index is 3.71. The summed E-state index contributed by atoms with van der Waals surface area (Å²) in [6, 6.07) is 0. The summed E-state index contributed by atoms with van der Waals surface area (Å²) in [5, 5.41) is 20.6. The van der Waals surface area contributed by atoms with Crippen molar-refractivity contribution in [3.63, 3.8) is 0 Å². The zero-order chi connectivity index (χ0) is 39.9. The van der Waals surface area contributed by atoms with Gasteiger partial charge in [0.25, 0.3) is 0 Å². The molecule has 0 aromatic carbocycles. The first kappa shape index (κ1) is 52.6. The predicted molar refractivity (Wildman–Crippen MR) is 214 cm³/mol. The van der Waals surface area contributed by atoms with Crippen LogP contribution in [0.4, 0.5) is 0 Å². The van der Waals surface area contributed by atoms with Crippen LogP contribution in [0, 0.1) is 0 Å². The minimum absolute atomic E-state index is 0.237. The molecule has 2 unspecified atom stereocenters. The van der Waals surface area contributed by atoms with Crippen molar-refractivity contribution in [2.24, 2.45) is 0 Å². The van der Waals surface area contributed by atoms with Crippen molar-refractivity contribution in [2.75, 3.05) is 114 Å². The number of aliphatic hydroxyl groups is 2. The summed E-state index contributed by atoms with van der Waals surface area (Å²) in [7, 11) is 5.85. The molecule has 0 aromatic heterocycles. The van der Waals surface area contributed by atoms with Gasteiger partial charge in [-0.25, -0.2) is 9.59 Å². The summed E-state index contributed by atoms with van der Waals surface area (Å²) in [6.07, 6.45) is 16.4. The van der Waals surface area contributed by atoms with E-state index in [0.717, 1.165) is 116 Å². The van der Waals surface area contributed by atoms with E-state index in [9.17, 15) is 19.8 Å². The van der Waals surface area contributed by atoms with Crippen LogP contribution in [-0.4, -0.2) is 163 Å². The van der Waals surface area contributed by atoms with Crippen LogP contribution in [0.3, 0.4) is 0 Å². The standard InChI is InChI=1S/C41H83N3O10/c1-6-8-10-16-28-49-36-51-30-18-12-14-20-32-53-40(47)38(45)34-43(4)26-22-24-42(3)25-23-27-44(5)35-39(46)41(48)54-33-21-15-13-19-31-52-37-50-29-17-11-9-7-2/h38-39,45-46H,6-37H2,1-5H3. The van der Waals surface area contributed by atoms with Crippen molar-refractivity contribution in [3.05, 3.63) is 0 Å². The number of carbonyl (C=O) groups is 2. The lowest BCUT2D eigenvalue weighted by Crippen LogP contribution is -2.38. The number of hydrogen-bond acceptors (Lipinski definition) is 13. The molecule has 322 valence electrons. The number of carbonyl (C=O) groups excluding carboxylic acids is 2. The smallest absolute Gasteiger partial charge is 0.336 e. The fourth-order valence-electron chi connectivity index (χ4n) is 5.73. The quantitative estimate of drug-likeness (QED) is 0.0450. The number of likely N-dealkylation sites (N-methyl/N-ethyl adjacent to an activating group) is 2. The molecule has 13 heteroatoms. The van der Waals surface area contributed by atoms with Crippen LogP contribution < -0.4 is 0 Å². The van der Waals surface area contributed by atoms with E-state index in [1.807, 2.05) is 23.9 Å². The number of nitrogens with zero attached hydrogens (tertiary/aromatic N) is 3. The fourth-order valence-corrected chi connectivity index (χ4v) is 5.73. The highest BCUT2D eigenvalue weighted by Crippen LogP contribution is 2.06. The van der Waals surface area contributed by atoms with Crippen molar-refractivity contribution in [1.29, 1.82) is 0 Å². The molecule has 2 N–H and O–H groups in total. The first-order valence-corrected chi connectivity index (χ1v) is 21.3. The molecule has 0 amide bonds. The number of hydrogen-bond donors (Lipinski definition) is 2. The van der Waals surface area contributed by atoms with E-state index in [2.05, 4.69) is 25.8 Å². The lowest BCUT2D eigenvalue weighted by molar-refractivity contribution is -0.155. The van der Waals surface area contributed by atoms with Crippen molar-refractivity contribution in [1.82, 2.24) is 14.7 Å². The van der Waals surface area contributed by atoms with Crippen LogP contribution in [0.25, 0.3) is 0 Å². The monoisotopic (exact) mass is 778 g/mol. The van der Waals surface area contributed by atoms with Crippen LogP contribution in [0.5, 0.6) is 0 Å². The molecule has 0 aromatic rings. The van der Waals surface area contributed by atoms with Crippen LogP contribution in [0.2, 0.25) is 0 Å². The third-order valence-corrected chi connectivity index (χ3v) is 9.15. The molecule has 54 heavy (non-hydrogen) atoms. The maximum absolute atomic E-state index is 12.2. The second kappa shape index (κ2) is 39.8. The minimum Gasteiger partial charge on any atom is -0.464 e. The van der Waals surface area contributed by atoms with E-state index in [4.69, 9.17) is 28.4 Å². The largest absolute Gasteiger partial charge is 0.464 e. The molecule has 0 saturated heterocycles. The maximum atomic E-state index is 12.2. The molecule has 0 heterocycles. The van der Waals surface area contributed by atoms with E-state index in [0.29, 0.717) is 40.0 Å². The van der Waals surface area contributed by atoms with Gasteiger partial charge in [0.15, 0.2) is 12.2 Å². The highest BCUT2D eigenvalue weighted by Gasteiger charge is 2.20. The van der Waals surface area contributed by atoms with Gasteiger partial charge >= 0.3 is 11.9 Å². The molecule has 0 aliphatic rings. The maximum Gasteiger partial charge on any atom is 0.336 e. The SMILES string of the molecule is CCCCCCOCOCCCCCCOC(=O)C(O)CN(C)CCCN(C)CCCN(C)CC(O)C(=O)OCCCCCCOCOCCCCCC. The Morgan fingerprint density at radius 3 is 1.06 bits per heavy atom. The molecule has 0 fully saturated rings. The summed E-state index contributed by atoms with van der Waals surface area (Å²) >= 11 is 0. The van der Waals surface area contributed by atoms with E-state index < -0.39 is 24.1 Å². The van der Waals surface area contributed by atoms with Crippen molar-refractivity contribution < 1.29 is 48.2 Å². The third kappa shape index (κ3) is 36.2. The first-order valence-electron chi connectivity index (χ1n) is 21.3. The van der Waals surface area contributed by atoms with Crippen LogP contribution in [0.1, 0.15) is 129 Å². The summed E-state index contributed by atoms with van der Waals surface area (Å²) in [4.78, 5) is 30.6. The lowest BCUT2D eigenvalue weighted by atomic mass is 10.2. The number of unbranched alkanes of at least 4 members (excludes halogenated alkanes) is 12. The number of esters is 2. The van der Waals surface area contributed by atoms with Gasteiger partial charge in [-0.1, -0.05) is 65.2 Å².